The molecule has 4 heterocycles. The molecule has 4 aliphatic heterocycles. The third-order valence-electron chi connectivity index (χ3n) is 14.5. The van der Waals surface area contributed by atoms with Gasteiger partial charge in [0.1, 0.15) is 54.2 Å². The molecule has 3 saturated heterocycles. The summed E-state index contributed by atoms with van der Waals surface area (Å²) in [6.45, 7) is 17.1. The Kier molecular flexibility index (Phi) is 20.4. The number of likely N-dealkylation sites (N-methyl/N-ethyl adjacent to an activating group) is 1. The lowest BCUT2D eigenvalue weighted by Gasteiger charge is -2.40. The maximum absolute atomic E-state index is 15.1. The number of cyclic esters (lactones) is 2. The van der Waals surface area contributed by atoms with E-state index in [1.54, 1.807) is 45.9 Å². The van der Waals surface area contributed by atoms with Crippen molar-refractivity contribution in [3.8, 4) is 5.75 Å². The molecule has 3 fully saturated rings. The van der Waals surface area contributed by atoms with Crippen molar-refractivity contribution in [3.05, 3.63) is 29.3 Å². The number of esters is 2. The first-order valence-corrected chi connectivity index (χ1v) is 26.3. The van der Waals surface area contributed by atoms with E-state index in [0.717, 1.165) is 0 Å². The van der Waals surface area contributed by atoms with Gasteiger partial charge >= 0.3 is 11.9 Å². The summed E-state index contributed by atoms with van der Waals surface area (Å²) < 4.78 is 17.4. The number of amides is 7. The SMILES string of the molecule is COc1ccc2c(c1)CN1C(=O)[C@@H]3CCCN3C(=O)[C@H](CC(C)C)NC(=O)[C@H](C(C)C)OC(=O)C[C@H](O)[C@H](C(C)C)NC(=O)[C@H](NC(=O)[C@@H](CC(C)C)N(C)C(=O)[C@@H]3CCCN3C(=O)[C@@H](C)O)[C@H](C)OC(=O)[C@@H]1C2. The van der Waals surface area contributed by atoms with Gasteiger partial charge in [0.05, 0.1) is 25.7 Å². The Morgan fingerprint density at radius 3 is 2.11 bits per heavy atom. The summed E-state index contributed by atoms with van der Waals surface area (Å²) in [5.74, 6) is -7.57. The van der Waals surface area contributed by atoms with E-state index < -0.39 is 138 Å². The number of carbonyl (C=O) groups is 9. The van der Waals surface area contributed by atoms with Crippen molar-refractivity contribution >= 4 is 53.3 Å². The number of aliphatic hydroxyl groups excluding tert-OH is 2. The maximum Gasteiger partial charge on any atom is 0.329 e. The summed E-state index contributed by atoms with van der Waals surface area (Å²) in [6.07, 6.45) is -4.81. The molecule has 0 radical (unpaired) electrons. The fourth-order valence-corrected chi connectivity index (χ4v) is 10.5. The summed E-state index contributed by atoms with van der Waals surface area (Å²) in [5.41, 5.74) is 1.39. The predicted molar refractivity (Wildman–Crippen MR) is 269 cm³/mol. The number of rotatable bonds is 12. The number of benzene rings is 1. The number of nitrogens with one attached hydrogen (secondary N) is 3. The van der Waals surface area contributed by atoms with Crippen LogP contribution in [-0.4, -0.2) is 177 Å². The van der Waals surface area contributed by atoms with Crippen LogP contribution in [0, 0.1) is 23.7 Å². The van der Waals surface area contributed by atoms with E-state index in [-0.39, 0.29) is 57.2 Å². The molecule has 1 aromatic carbocycles. The van der Waals surface area contributed by atoms with E-state index >= 15 is 4.79 Å². The fourth-order valence-electron chi connectivity index (χ4n) is 10.5. The molecule has 412 valence electrons. The zero-order valence-electron chi connectivity index (χ0n) is 45.3. The summed E-state index contributed by atoms with van der Waals surface area (Å²) >= 11 is 0. The van der Waals surface area contributed by atoms with Gasteiger partial charge in [0.2, 0.25) is 29.5 Å². The van der Waals surface area contributed by atoms with Crippen LogP contribution in [-0.2, 0) is 65.6 Å². The second-order valence-corrected chi connectivity index (χ2v) is 22.0. The number of hydrogen-bond acceptors (Lipinski definition) is 14. The smallest absolute Gasteiger partial charge is 0.329 e. The summed E-state index contributed by atoms with van der Waals surface area (Å²) in [5, 5.41) is 30.1. The molecule has 0 saturated carbocycles. The van der Waals surface area contributed by atoms with Gasteiger partial charge in [-0.25, -0.2) is 4.79 Å². The van der Waals surface area contributed by atoms with E-state index in [1.807, 2.05) is 27.7 Å². The molecule has 0 spiro atoms. The second kappa shape index (κ2) is 25.6. The van der Waals surface area contributed by atoms with E-state index in [2.05, 4.69) is 16.0 Å². The standard InChI is InChI=1S/C53H81N7O14/c1-27(2)21-36-50(68)59-20-14-16-38(59)52(70)60-26-34-23-35(72-12)18-17-33(34)24-40(60)53(71)73-32(10)44(47(65)55-43(29(5)6)41(62)25-42(63)74-45(30(7)8)48(66)54-36)56-46(64)39(22-28(3)4)57(11)51(69)37-15-13-19-58(37)49(67)31(9)61/h17-18,23,27-32,36-41,43-45,61-62H,13-16,19-22,24-26H2,1-12H3,(H,54,66)(H,55,65)(H,56,64)/t31-,32+,36+,37+,38+,39-,40+,41+,43+,44-,45+/m1/s1. The summed E-state index contributed by atoms with van der Waals surface area (Å²) in [4.78, 5) is 134. The van der Waals surface area contributed by atoms with Crippen LogP contribution in [0.5, 0.6) is 5.75 Å². The van der Waals surface area contributed by atoms with Gasteiger partial charge in [0, 0.05) is 33.1 Å². The van der Waals surface area contributed by atoms with Gasteiger partial charge in [-0.05, 0) is 99.3 Å². The van der Waals surface area contributed by atoms with E-state index in [1.165, 1.54) is 47.6 Å². The molecule has 7 amide bonds. The first-order chi connectivity index (χ1) is 34.7. The first kappa shape index (κ1) is 59.1. The van der Waals surface area contributed by atoms with E-state index in [9.17, 15) is 48.6 Å². The zero-order chi connectivity index (χ0) is 55.0. The van der Waals surface area contributed by atoms with Crippen LogP contribution >= 0.6 is 0 Å². The number of aliphatic hydroxyl groups is 2. The summed E-state index contributed by atoms with van der Waals surface area (Å²) in [7, 11) is 2.92. The Bertz CT molecular complexity index is 2240. The Hall–Kier alpha value is -5.83. The van der Waals surface area contributed by atoms with Crippen molar-refractivity contribution in [2.45, 2.75) is 194 Å². The monoisotopic (exact) mass is 1040 g/mol. The van der Waals surface area contributed by atoms with E-state index in [4.69, 9.17) is 14.2 Å². The quantitative estimate of drug-likeness (QED) is 0.186. The minimum atomic E-state index is -1.71. The van der Waals surface area contributed by atoms with Crippen molar-refractivity contribution in [1.82, 2.24) is 35.6 Å². The Balaban J connectivity index is 1.60. The molecule has 0 unspecified atom stereocenters. The Morgan fingerprint density at radius 2 is 1.50 bits per heavy atom. The van der Waals surface area contributed by atoms with E-state index in [0.29, 0.717) is 36.1 Å². The normalized spacial score (nSPS) is 27.6. The van der Waals surface area contributed by atoms with Gasteiger partial charge < -0.3 is 60.0 Å². The molecule has 74 heavy (non-hydrogen) atoms. The molecule has 4 aliphatic rings. The average molecular weight is 1040 g/mol. The largest absolute Gasteiger partial charge is 0.497 e. The topological polar surface area (TPSA) is 271 Å². The minimum Gasteiger partial charge on any atom is -0.497 e. The first-order valence-electron chi connectivity index (χ1n) is 26.3. The molecule has 0 aliphatic carbocycles. The third kappa shape index (κ3) is 14.1. The number of likely N-dealkylation sites (tertiary alicyclic amines) is 1. The molecule has 5 N–H and O–H groups in total. The van der Waals surface area contributed by atoms with Crippen LogP contribution < -0.4 is 20.7 Å². The fraction of sp³-hybridized carbons (Fsp3) is 0.717. The van der Waals surface area contributed by atoms with Gasteiger partial charge in [0.25, 0.3) is 11.8 Å². The highest BCUT2D eigenvalue weighted by Crippen LogP contribution is 2.32. The van der Waals surface area contributed by atoms with Gasteiger partial charge in [-0.15, -0.1) is 0 Å². The predicted octanol–water partition coefficient (Wildman–Crippen LogP) is 1.61. The number of ether oxygens (including phenoxy) is 3. The molecule has 1 aromatic rings. The molecular formula is C53H81N7O14. The number of hydrogen-bond donors (Lipinski definition) is 5. The molecule has 5 rings (SSSR count). The van der Waals surface area contributed by atoms with Crippen molar-refractivity contribution in [3.63, 3.8) is 0 Å². The molecule has 0 aromatic heterocycles. The highest BCUT2D eigenvalue weighted by Gasteiger charge is 2.47. The third-order valence-corrected chi connectivity index (χ3v) is 14.5. The van der Waals surface area contributed by atoms with Crippen LogP contribution in [0.4, 0.5) is 0 Å². The number of methoxy groups -OCH3 is 1. The highest BCUT2D eigenvalue weighted by molar-refractivity contribution is 5.97. The molecule has 21 heteroatoms. The van der Waals surface area contributed by atoms with Gasteiger partial charge in [-0.3, -0.25) is 38.4 Å². The van der Waals surface area contributed by atoms with Crippen LogP contribution in [0.25, 0.3) is 0 Å². The molecule has 0 bridgehead atoms. The van der Waals surface area contributed by atoms with Crippen LogP contribution in [0.2, 0.25) is 0 Å². The summed E-state index contributed by atoms with van der Waals surface area (Å²) in [6, 6.07) is -3.28. The lowest BCUT2D eigenvalue weighted by molar-refractivity contribution is -0.164. The van der Waals surface area contributed by atoms with Crippen molar-refractivity contribution in [2.24, 2.45) is 23.7 Å². The van der Waals surface area contributed by atoms with Gasteiger partial charge in [-0.2, -0.15) is 0 Å². The number of carbonyl (C=O) groups excluding carboxylic acids is 9. The van der Waals surface area contributed by atoms with Crippen molar-refractivity contribution in [2.75, 3.05) is 27.2 Å². The second-order valence-electron chi connectivity index (χ2n) is 22.0. The average Bonchev–Trinajstić information content (AvgIpc) is 4.04. The molecule has 11 atom stereocenters. The lowest BCUT2D eigenvalue weighted by atomic mass is 9.92. The number of fused-ring (bicyclic) bond motifs is 3. The van der Waals surface area contributed by atoms with Gasteiger partial charge in [0.15, 0.2) is 6.10 Å². The van der Waals surface area contributed by atoms with Crippen LogP contribution in [0.1, 0.15) is 125 Å². The van der Waals surface area contributed by atoms with Crippen LogP contribution in [0.15, 0.2) is 18.2 Å². The van der Waals surface area contributed by atoms with Crippen LogP contribution in [0.3, 0.4) is 0 Å². The van der Waals surface area contributed by atoms with Crippen molar-refractivity contribution in [1.29, 1.82) is 0 Å². The minimum absolute atomic E-state index is 0.0299. The number of nitrogens with zero attached hydrogens (tertiary/aromatic N) is 4. The zero-order valence-corrected chi connectivity index (χ0v) is 45.3. The maximum atomic E-state index is 15.1. The Labute approximate surface area is 435 Å². The van der Waals surface area contributed by atoms with Crippen molar-refractivity contribution < 1.29 is 67.6 Å². The highest BCUT2D eigenvalue weighted by atomic mass is 16.6. The Morgan fingerprint density at radius 1 is 0.824 bits per heavy atom. The van der Waals surface area contributed by atoms with Gasteiger partial charge in [-0.1, -0.05) is 61.5 Å². The molecule has 21 nitrogen and oxygen atoms in total. The lowest BCUT2D eigenvalue weighted by Crippen LogP contribution is -2.62. The molecular weight excluding hydrogens is 959 g/mol.